The summed E-state index contributed by atoms with van der Waals surface area (Å²) in [7, 11) is 0. The van der Waals surface area contributed by atoms with E-state index in [-0.39, 0.29) is 0 Å². The Labute approximate surface area is 659 Å². The quantitative estimate of drug-likeness (QED) is 0.0357. The van der Waals surface area contributed by atoms with Gasteiger partial charge in [-0.1, -0.05) is 285 Å². The molecule has 0 aromatic carbocycles. The minimum atomic E-state index is 1.12. The molecule has 0 aliphatic rings. The van der Waals surface area contributed by atoms with E-state index in [1.165, 1.54) is 390 Å². The Kier molecular flexibility index (Phi) is 39.1. The van der Waals surface area contributed by atoms with E-state index in [0.29, 0.717) is 0 Å². The summed E-state index contributed by atoms with van der Waals surface area (Å²) in [5.41, 5.74) is 5.85. The highest BCUT2D eigenvalue weighted by Crippen LogP contribution is 2.53. The van der Waals surface area contributed by atoms with Gasteiger partial charge in [0, 0.05) is 55.6 Å². The lowest BCUT2D eigenvalue weighted by atomic mass is 10.0. The summed E-state index contributed by atoms with van der Waals surface area (Å²) in [4.78, 5) is 36.5. The molecule has 102 heavy (non-hydrogen) atoms. The summed E-state index contributed by atoms with van der Waals surface area (Å²) in [6.45, 7) is 17.9. The van der Waals surface area contributed by atoms with E-state index in [2.05, 4.69) is 127 Å². The molecule has 10 aromatic rings. The highest BCUT2D eigenvalue weighted by molar-refractivity contribution is 7.35. The summed E-state index contributed by atoms with van der Waals surface area (Å²) in [6, 6.07) is 14.0. The molecule has 4 nitrogen and oxygen atoms in total. The Hall–Kier alpha value is -2.76. The van der Waals surface area contributed by atoms with Crippen molar-refractivity contribution in [3.05, 3.63) is 91.2 Å². The zero-order valence-electron chi connectivity index (χ0n) is 64.4. The SMILES string of the molecule is CCCCCCCCCCCCCCc1nc(C)sc1-c1cc2sc(-c3sc(C)nc3CCCCCCCCCCCCCC)cc2s1.CCCCCCCCCCCCc1c(-c2cnc(C)s2)sc2c(CCCCCCCCCCCC)c(-c3cnc(-c4ccc(-c5ccc(C)s5)s4)s3)sc12. The van der Waals surface area contributed by atoms with Gasteiger partial charge in [0.15, 0.2) is 0 Å². The van der Waals surface area contributed by atoms with Gasteiger partial charge in [-0.25, -0.2) is 19.9 Å². The van der Waals surface area contributed by atoms with Gasteiger partial charge in [0.1, 0.15) is 5.01 Å². The molecule has 0 unspecified atom stereocenters. The van der Waals surface area contributed by atoms with Crippen molar-refractivity contribution in [1.82, 2.24) is 19.9 Å². The smallest absolute Gasteiger partial charge is 0.133 e. The van der Waals surface area contributed by atoms with E-state index in [9.17, 15) is 0 Å². The number of aryl methyl sites for hydroxylation is 8. The number of unbranched alkanes of at least 4 members (excludes halogenated alkanes) is 40. The third kappa shape index (κ3) is 27.4. The fraction of sp³-hybridized carbons (Fsp3) is 0.636. The Morgan fingerprint density at radius 1 is 0.255 bits per heavy atom. The molecular weight excluding hydrogens is 1430 g/mol. The number of nitrogens with zero attached hydrogens (tertiary/aromatic N) is 4. The average Bonchev–Trinajstić information content (AvgIpc) is 1.60. The largest absolute Gasteiger partial charge is 0.249 e. The van der Waals surface area contributed by atoms with Crippen molar-refractivity contribution in [2.24, 2.45) is 0 Å². The van der Waals surface area contributed by atoms with Crippen molar-refractivity contribution in [2.45, 2.75) is 364 Å². The second kappa shape index (κ2) is 47.9. The van der Waals surface area contributed by atoms with E-state index in [4.69, 9.17) is 19.9 Å². The Balaban J connectivity index is 0.000000239. The van der Waals surface area contributed by atoms with Crippen molar-refractivity contribution < 1.29 is 0 Å². The van der Waals surface area contributed by atoms with Crippen LogP contribution in [-0.4, -0.2) is 19.9 Å². The van der Waals surface area contributed by atoms with Crippen LogP contribution in [-0.2, 0) is 25.7 Å². The first kappa shape index (κ1) is 83.3. The van der Waals surface area contributed by atoms with Gasteiger partial charge in [-0.2, -0.15) is 0 Å². The Morgan fingerprint density at radius 2 is 0.588 bits per heavy atom. The van der Waals surface area contributed by atoms with Crippen LogP contribution in [0.3, 0.4) is 0 Å². The van der Waals surface area contributed by atoms with E-state index in [1.54, 1.807) is 20.5 Å². The van der Waals surface area contributed by atoms with Gasteiger partial charge in [0.05, 0.1) is 60.6 Å². The first-order valence-electron chi connectivity index (χ1n) is 41.2. The number of rotatable bonds is 54. The van der Waals surface area contributed by atoms with Crippen LogP contribution >= 0.6 is 113 Å². The van der Waals surface area contributed by atoms with Gasteiger partial charge in [-0.15, -0.1) is 113 Å². The topological polar surface area (TPSA) is 51.6 Å². The molecule has 0 spiro atoms. The predicted octanol–water partition coefficient (Wildman–Crippen LogP) is 34.5. The highest BCUT2D eigenvalue weighted by Gasteiger charge is 2.26. The zero-order chi connectivity index (χ0) is 71.4. The van der Waals surface area contributed by atoms with E-state index in [1.807, 2.05) is 90.7 Å². The van der Waals surface area contributed by atoms with Crippen molar-refractivity contribution >= 4 is 132 Å². The molecule has 0 saturated carbocycles. The van der Waals surface area contributed by atoms with Gasteiger partial charge >= 0.3 is 0 Å². The van der Waals surface area contributed by atoms with Crippen LogP contribution in [0.4, 0.5) is 0 Å². The zero-order valence-corrected chi connectivity index (χ0v) is 72.6. The third-order valence-electron chi connectivity index (χ3n) is 20.4. The maximum Gasteiger partial charge on any atom is 0.133 e. The first-order valence-corrected chi connectivity index (χ1v) is 49.4. The number of thiazole rings is 4. The lowest BCUT2D eigenvalue weighted by Crippen LogP contribution is -1.89. The molecule has 10 aromatic heterocycles. The number of hydrogen-bond acceptors (Lipinski definition) is 14. The molecule has 0 saturated heterocycles. The molecule has 0 radical (unpaired) electrons. The minimum absolute atomic E-state index is 1.12. The fourth-order valence-electron chi connectivity index (χ4n) is 14.6. The molecule has 0 aliphatic heterocycles. The van der Waals surface area contributed by atoms with Crippen LogP contribution in [0.5, 0.6) is 0 Å². The van der Waals surface area contributed by atoms with Crippen LogP contribution in [0.1, 0.15) is 353 Å². The molecule has 10 heterocycles. The molecule has 0 atom stereocenters. The lowest BCUT2D eigenvalue weighted by Gasteiger charge is -2.05. The third-order valence-corrected chi connectivity index (χ3v) is 32.6. The van der Waals surface area contributed by atoms with Crippen LogP contribution in [0.2, 0.25) is 0 Å². The summed E-state index contributed by atoms with van der Waals surface area (Å²) >= 11 is 19.4. The molecule has 0 fully saturated rings. The molecule has 0 N–H and O–H groups in total. The van der Waals surface area contributed by atoms with Crippen LogP contribution < -0.4 is 0 Å². The maximum atomic E-state index is 5.06. The van der Waals surface area contributed by atoms with Gasteiger partial charge in [0.25, 0.3) is 0 Å². The minimum Gasteiger partial charge on any atom is -0.249 e. The monoisotopic (exact) mass is 1560 g/mol. The molecule has 10 rings (SSSR count). The summed E-state index contributed by atoms with van der Waals surface area (Å²) < 4.78 is 5.95. The lowest BCUT2D eigenvalue weighted by molar-refractivity contribution is 0.543. The first-order chi connectivity index (χ1) is 50.1. The number of hydrogen-bond donors (Lipinski definition) is 0. The van der Waals surface area contributed by atoms with E-state index in [0.717, 1.165) is 17.8 Å². The van der Waals surface area contributed by atoms with E-state index < -0.39 is 0 Å². The second-order valence-electron chi connectivity index (χ2n) is 29.4. The van der Waals surface area contributed by atoms with E-state index >= 15 is 0 Å². The van der Waals surface area contributed by atoms with Gasteiger partial charge in [-0.3, -0.25) is 0 Å². The summed E-state index contributed by atoms with van der Waals surface area (Å²) in [5, 5.41) is 4.74. The van der Waals surface area contributed by atoms with Gasteiger partial charge < -0.3 is 0 Å². The Bertz CT molecular complexity index is 3720. The van der Waals surface area contributed by atoms with Crippen molar-refractivity contribution in [3.63, 3.8) is 0 Å². The summed E-state index contributed by atoms with van der Waals surface area (Å²) in [6.07, 6.45) is 70.0. The van der Waals surface area contributed by atoms with Crippen molar-refractivity contribution in [1.29, 1.82) is 0 Å². The van der Waals surface area contributed by atoms with Crippen molar-refractivity contribution in [3.8, 4) is 58.7 Å². The van der Waals surface area contributed by atoms with Crippen LogP contribution in [0.25, 0.3) is 77.5 Å². The van der Waals surface area contributed by atoms with Crippen LogP contribution in [0, 0.1) is 27.7 Å². The maximum absolute atomic E-state index is 5.06. The number of fused-ring (bicyclic) bond motifs is 2. The van der Waals surface area contributed by atoms with Gasteiger partial charge in [-0.05, 0) is 127 Å². The molecule has 0 aliphatic carbocycles. The Morgan fingerprint density at radius 3 is 0.951 bits per heavy atom. The average molecular weight is 1560 g/mol. The highest BCUT2D eigenvalue weighted by atomic mass is 32.1. The van der Waals surface area contributed by atoms with Crippen molar-refractivity contribution in [2.75, 3.05) is 0 Å². The molecule has 560 valence electrons. The molecule has 0 amide bonds. The fourth-order valence-corrected chi connectivity index (χ4v) is 26.1. The molecule has 0 bridgehead atoms. The number of thiophene rings is 6. The summed E-state index contributed by atoms with van der Waals surface area (Å²) in [5.74, 6) is 0. The standard InChI is InChI=1S/C46H62N2S6.C42H66N2S4/c1-5-7-9-11-13-15-17-19-21-23-25-35-42(40-31-47-34(4)50-40)53-45-36(26-24-22-20-18-16-14-12-10-8-6-2)43(54-44(35)45)41-32-48-46(52-41)39-30-29-38(51-39)37-28-27-33(3)49-37;1-5-7-9-11-13-15-17-19-21-23-25-27-29-35-41(45-33(3)43-35)39-31-37-38(47-39)32-40(48-37)42-36(44-34(4)46-42)30-28-26-24-22-20-18-16-14-12-10-8-6-2/h27-32H,5-26H2,1-4H3;31-32H,5-30H2,1-4H3. The number of aromatic nitrogens is 4. The van der Waals surface area contributed by atoms with Gasteiger partial charge in [0.2, 0.25) is 0 Å². The normalized spacial score (nSPS) is 11.8. The molecular formula is C88H128N4S10. The molecule has 14 heteroatoms. The predicted molar refractivity (Wildman–Crippen MR) is 470 cm³/mol. The van der Waals surface area contributed by atoms with Crippen LogP contribution in [0.15, 0.2) is 48.8 Å². The second-order valence-corrected chi connectivity index (χ2v) is 40.7.